The van der Waals surface area contributed by atoms with Gasteiger partial charge in [0.1, 0.15) is 0 Å². The third kappa shape index (κ3) is 1.95. The lowest BCUT2D eigenvalue weighted by Crippen LogP contribution is -1.84. The molecule has 0 bridgehead atoms. The highest BCUT2D eigenvalue weighted by atomic mass is 127. The van der Waals surface area contributed by atoms with E-state index in [0.717, 1.165) is 0 Å². The molecule has 0 saturated heterocycles. The summed E-state index contributed by atoms with van der Waals surface area (Å²) in [5, 5.41) is 2.56. The molecule has 3 rings (SSSR count). The summed E-state index contributed by atoms with van der Waals surface area (Å²) in [5.74, 6) is 0. The summed E-state index contributed by atoms with van der Waals surface area (Å²) < 4.78 is 1.24. The molecule has 0 nitrogen and oxygen atoms in total. The van der Waals surface area contributed by atoms with Crippen molar-refractivity contribution in [2.24, 2.45) is 0 Å². The standard InChI is InChI=1S/C16H10I/c17-16-11-4-3-9-15(16)14-10-5-7-12-6-1-2-8-13(12)14/h1-8,10-11H. The molecule has 0 saturated carbocycles. The fourth-order valence-electron chi connectivity index (χ4n) is 2.07. The van der Waals surface area contributed by atoms with E-state index in [1.807, 2.05) is 12.1 Å². The minimum absolute atomic E-state index is 1.19. The van der Waals surface area contributed by atoms with Crippen LogP contribution in [0.2, 0.25) is 0 Å². The summed E-state index contributed by atoms with van der Waals surface area (Å²) in [6, 6.07) is 24.3. The van der Waals surface area contributed by atoms with Gasteiger partial charge in [-0.05, 0) is 51.1 Å². The molecule has 1 heteroatoms. The van der Waals surface area contributed by atoms with Gasteiger partial charge in [0.05, 0.1) is 0 Å². The summed E-state index contributed by atoms with van der Waals surface area (Å²) >= 11 is 2.37. The van der Waals surface area contributed by atoms with Crippen LogP contribution in [0.3, 0.4) is 0 Å². The minimum Gasteiger partial charge on any atom is -0.0616 e. The van der Waals surface area contributed by atoms with Gasteiger partial charge in [0.25, 0.3) is 0 Å². The Kier molecular flexibility index (Phi) is 2.85. The minimum atomic E-state index is 1.19. The van der Waals surface area contributed by atoms with Crippen molar-refractivity contribution in [3.63, 3.8) is 0 Å². The monoisotopic (exact) mass is 329 g/mol. The van der Waals surface area contributed by atoms with E-state index < -0.39 is 0 Å². The van der Waals surface area contributed by atoms with E-state index in [2.05, 4.69) is 77.2 Å². The lowest BCUT2D eigenvalue weighted by molar-refractivity contribution is 1.59. The fraction of sp³-hybridized carbons (Fsp3) is 0. The number of hydrogen-bond donors (Lipinski definition) is 0. The first-order valence-corrected chi connectivity index (χ1v) is 6.58. The molecule has 81 valence electrons. The number of benzene rings is 3. The molecule has 17 heavy (non-hydrogen) atoms. The quantitative estimate of drug-likeness (QED) is 0.557. The highest BCUT2D eigenvalue weighted by Crippen LogP contribution is 2.31. The highest BCUT2D eigenvalue weighted by Gasteiger charge is 2.05. The summed E-state index contributed by atoms with van der Waals surface area (Å²) in [5.41, 5.74) is 2.44. The van der Waals surface area contributed by atoms with Gasteiger partial charge in [0.2, 0.25) is 0 Å². The van der Waals surface area contributed by atoms with Crippen LogP contribution in [0, 0.1) is 9.64 Å². The smallest absolute Gasteiger partial charge is 0.0215 e. The Morgan fingerprint density at radius 3 is 2.53 bits per heavy atom. The summed E-state index contributed by atoms with van der Waals surface area (Å²) in [6.07, 6.45) is 0. The Bertz CT molecular complexity index is 666. The van der Waals surface area contributed by atoms with Gasteiger partial charge in [-0.1, -0.05) is 54.6 Å². The predicted octanol–water partition coefficient (Wildman–Crippen LogP) is 4.91. The van der Waals surface area contributed by atoms with E-state index in [-0.39, 0.29) is 0 Å². The van der Waals surface area contributed by atoms with Crippen molar-refractivity contribution in [3.05, 3.63) is 70.3 Å². The Balaban J connectivity index is 2.35. The Hall–Kier alpha value is -1.35. The maximum absolute atomic E-state index is 3.34. The topological polar surface area (TPSA) is 0 Å². The first-order valence-electron chi connectivity index (χ1n) is 5.50. The largest absolute Gasteiger partial charge is 0.0616 e. The van der Waals surface area contributed by atoms with E-state index in [1.54, 1.807) is 0 Å². The van der Waals surface area contributed by atoms with E-state index in [4.69, 9.17) is 0 Å². The van der Waals surface area contributed by atoms with Gasteiger partial charge >= 0.3 is 0 Å². The van der Waals surface area contributed by atoms with E-state index in [1.165, 1.54) is 25.5 Å². The zero-order valence-corrected chi connectivity index (χ0v) is 11.3. The van der Waals surface area contributed by atoms with Gasteiger partial charge in [0.15, 0.2) is 0 Å². The van der Waals surface area contributed by atoms with Gasteiger partial charge in [-0.25, -0.2) is 0 Å². The van der Waals surface area contributed by atoms with Crippen molar-refractivity contribution >= 4 is 33.4 Å². The number of fused-ring (bicyclic) bond motifs is 1. The first-order chi connectivity index (χ1) is 8.36. The van der Waals surface area contributed by atoms with Crippen molar-refractivity contribution in [3.8, 4) is 11.1 Å². The second-order valence-electron chi connectivity index (χ2n) is 3.92. The molecule has 1 radical (unpaired) electrons. The molecule has 0 unspecified atom stereocenters. The summed E-state index contributed by atoms with van der Waals surface area (Å²) in [6.45, 7) is 0. The van der Waals surface area contributed by atoms with Gasteiger partial charge in [-0.15, -0.1) is 0 Å². The molecule has 3 aromatic rings. The number of hydrogen-bond acceptors (Lipinski definition) is 0. The van der Waals surface area contributed by atoms with Crippen LogP contribution in [0.5, 0.6) is 0 Å². The third-order valence-corrected chi connectivity index (χ3v) is 3.76. The Morgan fingerprint density at radius 1 is 0.824 bits per heavy atom. The molecule has 3 aromatic carbocycles. The predicted molar refractivity (Wildman–Crippen MR) is 80.9 cm³/mol. The highest BCUT2D eigenvalue weighted by molar-refractivity contribution is 14.1. The maximum Gasteiger partial charge on any atom is 0.0215 e. The van der Waals surface area contributed by atoms with Gasteiger partial charge in [0, 0.05) is 9.13 Å². The second kappa shape index (κ2) is 4.49. The molecular formula is C16H10I. The van der Waals surface area contributed by atoms with Crippen LogP contribution < -0.4 is 0 Å². The van der Waals surface area contributed by atoms with Crippen molar-refractivity contribution < 1.29 is 0 Å². The zero-order chi connectivity index (χ0) is 11.7. The van der Waals surface area contributed by atoms with Crippen LogP contribution in [0.4, 0.5) is 0 Å². The number of halogens is 1. The third-order valence-electron chi connectivity index (χ3n) is 2.86. The molecule has 0 spiro atoms. The van der Waals surface area contributed by atoms with Crippen LogP contribution in [0.15, 0.2) is 60.7 Å². The average molecular weight is 329 g/mol. The lowest BCUT2D eigenvalue weighted by Gasteiger charge is -2.08. The molecule has 0 atom stereocenters. The van der Waals surface area contributed by atoms with E-state index >= 15 is 0 Å². The van der Waals surface area contributed by atoms with Crippen molar-refractivity contribution in [2.45, 2.75) is 0 Å². The molecule has 0 fully saturated rings. The van der Waals surface area contributed by atoms with E-state index in [0.29, 0.717) is 0 Å². The van der Waals surface area contributed by atoms with Crippen LogP contribution >= 0.6 is 22.6 Å². The SMILES string of the molecule is Ic1ccc[c]c1-c1cccc2ccccc12. The fourth-order valence-corrected chi connectivity index (χ4v) is 2.72. The van der Waals surface area contributed by atoms with Gasteiger partial charge in [-0.3, -0.25) is 0 Å². The maximum atomic E-state index is 3.34. The summed E-state index contributed by atoms with van der Waals surface area (Å²) in [7, 11) is 0. The lowest BCUT2D eigenvalue weighted by atomic mass is 9.98. The van der Waals surface area contributed by atoms with Crippen LogP contribution in [-0.2, 0) is 0 Å². The van der Waals surface area contributed by atoms with Gasteiger partial charge in [-0.2, -0.15) is 0 Å². The molecule has 0 heterocycles. The zero-order valence-electron chi connectivity index (χ0n) is 9.15. The first kappa shape index (κ1) is 10.8. The average Bonchev–Trinajstić information content (AvgIpc) is 2.39. The molecule has 0 N–H and O–H groups in total. The van der Waals surface area contributed by atoms with Crippen LogP contribution in [0.25, 0.3) is 21.9 Å². The number of rotatable bonds is 1. The molecule has 0 aliphatic heterocycles. The van der Waals surface area contributed by atoms with Crippen LogP contribution in [0.1, 0.15) is 0 Å². The molecular weight excluding hydrogens is 319 g/mol. The molecule has 0 aliphatic rings. The van der Waals surface area contributed by atoms with Crippen molar-refractivity contribution in [1.29, 1.82) is 0 Å². The molecule has 0 aromatic heterocycles. The van der Waals surface area contributed by atoms with Crippen molar-refractivity contribution in [1.82, 2.24) is 0 Å². The Morgan fingerprint density at radius 2 is 1.65 bits per heavy atom. The molecule has 0 aliphatic carbocycles. The second-order valence-corrected chi connectivity index (χ2v) is 5.08. The van der Waals surface area contributed by atoms with Crippen molar-refractivity contribution in [2.75, 3.05) is 0 Å². The van der Waals surface area contributed by atoms with Gasteiger partial charge < -0.3 is 0 Å². The van der Waals surface area contributed by atoms with Crippen LogP contribution in [-0.4, -0.2) is 0 Å². The van der Waals surface area contributed by atoms with E-state index in [9.17, 15) is 0 Å². The molecule has 0 amide bonds. The summed E-state index contributed by atoms with van der Waals surface area (Å²) in [4.78, 5) is 0. The Labute approximate surface area is 114 Å². The normalized spacial score (nSPS) is 10.6.